The minimum Gasteiger partial charge on any atom is -0.128 e. The lowest BCUT2D eigenvalue weighted by Crippen LogP contribution is -2.17. The Morgan fingerprint density at radius 2 is 1.79 bits per heavy atom. The second-order valence-corrected chi connectivity index (χ2v) is 13.8. The monoisotopic (exact) mass is 292 g/mol. The zero-order valence-electron chi connectivity index (χ0n) is 13.1. The van der Waals surface area contributed by atoms with Crippen molar-refractivity contribution >= 4 is 19.8 Å². The lowest BCUT2D eigenvalue weighted by Gasteiger charge is -2.15. The van der Waals surface area contributed by atoms with Crippen LogP contribution in [0.15, 0.2) is 41.3 Å². The van der Waals surface area contributed by atoms with Crippen molar-refractivity contribution in [1.82, 2.24) is 0 Å². The molecule has 19 heavy (non-hydrogen) atoms. The van der Waals surface area contributed by atoms with E-state index in [-0.39, 0.29) is 0 Å². The Labute approximate surface area is 124 Å². The van der Waals surface area contributed by atoms with Crippen molar-refractivity contribution in [3.63, 3.8) is 0 Å². The summed E-state index contributed by atoms with van der Waals surface area (Å²) in [7, 11) is -0.969. The molecule has 0 saturated heterocycles. The zero-order valence-corrected chi connectivity index (χ0v) is 14.9. The number of rotatable bonds is 7. The molecule has 0 radical (unpaired) electrons. The Hall–Kier alpha value is -0.473. The third-order valence-corrected chi connectivity index (χ3v) is 5.41. The molecule has 1 aromatic carbocycles. The molecule has 1 aromatic rings. The molecular formula is C17H28SSi. The SMILES string of the molecule is CC(C)S/C(=C/C[Si](C)(C)C)CCc1ccccc1. The summed E-state index contributed by atoms with van der Waals surface area (Å²) in [5, 5.41) is 0.684. The van der Waals surface area contributed by atoms with Gasteiger partial charge in [-0.05, 0) is 29.4 Å². The maximum atomic E-state index is 2.51. The van der Waals surface area contributed by atoms with Gasteiger partial charge >= 0.3 is 0 Å². The molecule has 0 atom stereocenters. The smallest absolute Gasteiger partial charge is 0.0480 e. The minimum absolute atomic E-state index is 0.684. The molecule has 0 heterocycles. The maximum absolute atomic E-state index is 2.51. The van der Waals surface area contributed by atoms with Crippen LogP contribution in [0.1, 0.15) is 25.8 Å². The molecule has 0 bridgehead atoms. The van der Waals surface area contributed by atoms with E-state index in [2.05, 4.69) is 69.9 Å². The molecule has 0 aromatic heterocycles. The topological polar surface area (TPSA) is 0 Å². The van der Waals surface area contributed by atoms with E-state index in [0.717, 1.165) is 6.42 Å². The second kappa shape index (κ2) is 7.96. The van der Waals surface area contributed by atoms with Crippen LogP contribution in [0.5, 0.6) is 0 Å². The van der Waals surface area contributed by atoms with Gasteiger partial charge in [0.25, 0.3) is 0 Å². The average molecular weight is 293 g/mol. The van der Waals surface area contributed by atoms with Gasteiger partial charge in [-0.1, -0.05) is 69.9 Å². The van der Waals surface area contributed by atoms with Crippen LogP contribution in [0.2, 0.25) is 25.7 Å². The molecule has 0 aliphatic carbocycles. The predicted octanol–water partition coefficient (Wildman–Crippen LogP) is 5.98. The Morgan fingerprint density at radius 1 is 1.16 bits per heavy atom. The van der Waals surface area contributed by atoms with Gasteiger partial charge in [0.1, 0.15) is 0 Å². The summed E-state index contributed by atoms with van der Waals surface area (Å²) in [4.78, 5) is 1.58. The highest BCUT2D eigenvalue weighted by Gasteiger charge is 2.12. The van der Waals surface area contributed by atoms with Crippen molar-refractivity contribution < 1.29 is 0 Å². The van der Waals surface area contributed by atoms with Crippen LogP contribution in [-0.4, -0.2) is 13.3 Å². The fourth-order valence-electron chi connectivity index (χ4n) is 1.84. The third-order valence-electron chi connectivity index (χ3n) is 2.83. The third kappa shape index (κ3) is 8.33. The van der Waals surface area contributed by atoms with Gasteiger partial charge in [0, 0.05) is 13.3 Å². The van der Waals surface area contributed by atoms with Crippen molar-refractivity contribution in [3.05, 3.63) is 46.9 Å². The van der Waals surface area contributed by atoms with E-state index < -0.39 is 8.07 Å². The van der Waals surface area contributed by atoms with E-state index in [0.29, 0.717) is 5.25 Å². The van der Waals surface area contributed by atoms with Crippen LogP contribution >= 0.6 is 11.8 Å². The Kier molecular flexibility index (Phi) is 6.94. The van der Waals surface area contributed by atoms with Crippen LogP contribution in [0.4, 0.5) is 0 Å². The van der Waals surface area contributed by atoms with Crippen LogP contribution < -0.4 is 0 Å². The highest BCUT2D eigenvalue weighted by Crippen LogP contribution is 2.27. The summed E-state index contributed by atoms with van der Waals surface area (Å²) < 4.78 is 0. The molecule has 0 unspecified atom stereocenters. The molecule has 0 aliphatic rings. The first-order valence-electron chi connectivity index (χ1n) is 7.26. The molecule has 2 heteroatoms. The van der Waals surface area contributed by atoms with Crippen LogP contribution in [0, 0.1) is 0 Å². The lowest BCUT2D eigenvalue weighted by atomic mass is 10.1. The minimum atomic E-state index is -0.969. The number of thioether (sulfide) groups is 1. The molecule has 0 amide bonds. The van der Waals surface area contributed by atoms with Crippen molar-refractivity contribution in [1.29, 1.82) is 0 Å². The van der Waals surface area contributed by atoms with Gasteiger partial charge in [-0.15, -0.1) is 11.8 Å². The number of aryl methyl sites for hydroxylation is 1. The molecule has 0 fully saturated rings. The summed E-state index contributed by atoms with van der Waals surface area (Å²) in [5.41, 5.74) is 1.45. The van der Waals surface area contributed by atoms with Crippen molar-refractivity contribution in [2.45, 2.75) is 57.6 Å². The van der Waals surface area contributed by atoms with Crippen LogP contribution in [-0.2, 0) is 6.42 Å². The summed E-state index contributed by atoms with van der Waals surface area (Å²) in [5.74, 6) is 0. The van der Waals surface area contributed by atoms with Crippen molar-refractivity contribution in [2.24, 2.45) is 0 Å². The summed E-state index contributed by atoms with van der Waals surface area (Å²) in [6.45, 7) is 11.9. The van der Waals surface area contributed by atoms with Gasteiger partial charge < -0.3 is 0 Å². The first kappa shape index (κ1) is 16.6. The van der Waals surface area contributed by atoms with Crippen molar-refractivity contribution in [3.8, 4) is 0 Å². The lowest BCUT2D eigenvalue weighted by molar-refractivity contribution is 0.981. The van der Waals surface area contributed by atoms with Crippen LogP contribution in [0.3, 0.4) is 0 Å². The molecule has 0 N–H and O–H groups in total. The number of hydrogen-bond donors (Lipinski definition) is 0. The molecule has 1 rings (SSSR count). The molecule has 0 spiro atoms. The van der Waals surface area contributed by atoms with Gasteiger partial charge in [-0.3, -0.25) is 0 Å². The highest BCUT2D eigenvalue weighted by atomic mass is 32.2. The molecular weight excluding hydrogens is 264 g/mol. The van der Waals surface area contributed by atoms with Crippen LogP contribution in [0.25, 0.3) is 0 Å². The summed E-state index contributed by atoms with van der Waals surface area (Å²) in [6.07, 6.45) is 4.87. The largest absolute Gasteiger partial charge is 0.128 e. The van der Waals surface area contributed by atoms with Gasteiger partial charge in [-0.2, -0.15) is 0 Å². The predicted molar refractivity (Wildman–Crippen MR) is 93.7 cm³/mol. The zero-order chi connectivity index (χ0) is 14.3. The second-order valence-electron chi connectivity index (χ2n) is 6.59. The van der Waals surface area contributed by atoms with Crippen molar-refractivity contribution in [2.75, 3.05) is 0 Å². The van der Waals surface area contributed by atoms with E-state index in [1.807, 2.05) is 11.8 Å². The highest BCUT2D eigenvalue weighted by molar-refractivity contribution is 8.03. The first-order chi connectivity index (χ1) is 8.87. The quantitative estimate of drug-likeness (QED) is 0.557. The van der Waals surface area contributed by atoms with E-state index in [1.165, 1.54) is 18.0 Å². The van der Waals surface area contributed by atoms with Gasteiger partial charge in [0.15, 0.2) is 0 Å². The Morgan fingerprint density at radius 3 is 2.32 bits per heavy atom. The fourth-order valence-corrected chi connectivity index (χ4v) is 3.86. The number of hydrogen-bond acceptors (Lipinski definition) is 1. The Balaban J connectivity index is 2.59. The van der Waals surface area contributed by atoms with Gasteiger partial charge in [0.2, 0.25) is 0 Å². The van der Waals surface area contributed by atoms with E-state index in [9.17, 15) is 0 Å². The van der Waals surface area contributed by atoms with Gasteiger partial charge in [-0.25, -0.2) is 0 Å². The van der Waals surface area contributed by atoms with Gasteiger partial charge in [0.05, 0.1) is 0 Å². The fraction of sp³-hybridized carbons (Fsp3) is 0.529. The number of benzene rings is 1. The number of allylic oxidation sites excluding steroid dienone is 2. The first-order valence-corrected chi connectivity index (χ1v) is 11.8. The maximum Gasteiger partial charge on any atom is 0.0480 e. The standard InChI is InChI=1S/C17H28SSi/c1-15(2)18-17(13-14-19(3,4)5)12-11-16-9-7-6-8-10-16/h6-10,13,15H,11-12,14H2,1-5H3/b17-13+. The molecule has 0 nitrogen and oxygen atoms in total. The van der Waals surface area contributed by atoms with E-state index in [1.54, 1.807) is 4.91 Å². The molecule has 0 saturated carbocycles. The molecule has 0 aliphatic heterocycles. The normalized spacial score (nSPS) is 13.1. The summed E-state index contributed by atoms with van der Waals surface area (Å²) >= 11 is 2.04. The summed E-state index contributed by atoms with van der Waals surface area (Å²) in [6, 6.07) is 12.1. The molecule has 106 valence electrons. The average Bonchev–Trinajstić information content (AvgIpc) is 2.32. The van der Waals surface area contributed by atoms with E-state index in [4.69, 9.17) is 0 Å². The Bertz CT molecular complexity index is 387. The van der Waals surface area contributed by atoms with E-state index >= 15 is 0 Å².